The number of rotatable bonds is 4. The first kappa shape index (κ1) is 9.49. The molecule has 2 rings (SSSR count). The Morgan fingerprint density at radius 1 is 1.64 bits per heavy atom. The summed E-state index contributed by atoms with van der Waals surface area (Å²) in [4.78, 5) is 3.89. The maximum absolute atomic E-state index is 5.42. The van der Waals surface area contributed by atoms with Crippen molar-refractivity contribution in [1.82, 2.24) is 14.8 Å². The van der Waals surface area contributed by atoms with Gasteiger partial charge in [-0.05, 0) is 30.6 Å². The Bertz CT molecular complexity index is 316. The maximum atomic E-state index is 5.42. The van der Waals surface area contributed by atoms with Crippen LogP contribution in [0.5, 0.6) is 0 Å². The molecule has 1 atom stereocenters. The first-order valence-electron chi connectivity index (χ1n) is 5.23. The summed E-state index contributed by atoms with van der Waals surface area (Å²) in [6.07, 6.45) is 5.56. The Morgan fingerprint density at radius 2 is 2.36 bits per heavy atom. The van der Waals surface area contributed by atoms with Crippen molar-refractivity contribution in [3.05, 3.63) is 6.33 Å². The van der Waals surface area contributed by atoms with E-state index in [2.05, 4.69) is 23.9 Å². The lowest BCUT2D eigenvalue weighted by atomic mass is 10.1. The second kappa shape index (κ2) is 3.26. The van der Waals surface area contributed by atoms with Crippen LogP contribution in [0.15, 0.2) is 6.33 Å². The molecule has 1 aromatic rings. The van der Waals surface area contributed by atoms with Crippen molar-refractivity contribution in [1.29, 1.82) is 0 Å². The van der Waals surface area contributed by atoms with Crippen LogP contribution in [-0.2, 0) is 6.54 Å². The van der Waals surface area contributed by atoms with Crippen molar-refractivity contribution in [2.24, 2.45) is 11.3 Å². The molecule has 1 aromatic heterocycles. The summed E-state index contributed by atoms with van der Waals surface area (Å²) in [7, 11) is 0. The van der Waals surface area contributed by atoms with Gasteiger partial charge in [-0.25, -0.2) is 4.98 Å². The highest BCUT2D eigenvalue weighted by Crippen LogP contribution is 2.54. The van der Waals surface area contributed by atoms with Gasteiger partial charge in [0.2, 0.25) is 5.95 Å². The normalized spacial score (nSPS) is 23.7. The second-order valence-electron chi connectivity index (χ2n) is 4.90. The Balaban J connectivity index is 1.69. The molecule has 1 saturated carbocycles. The molecule has 1 fully saturated rings. The van der Waals surface area contributed by atoms with E-state index in [0.717, 1.165) is 12.5 Å². The lowest BCUT2D eigenvalue weighted by Gasteiger charge is -2.02. The average molecular weight is 194 g/mol. The third-order valence-electron chi connectivity index (χ3n) is 3.21. The standard InChI is InChI=1S/C10H18N4/c1-10(2)6-8(10)4-3-5-14-7-12-9(11)13-14/h7-8H,3-6H2,1-2H3,(H2,11,13). The predicted octanol–water partition coefficient (Wildman–Crippen LogP) is 1.69. The van der Waals surface area contributed by atoms with Crippen molar-refractivity contribution in [3.8, 4) is 0 Å². The molecule has 0 amide bonds. The van der Waals surface area contributed by atoms with E-state index in [0.29, 0.717) is 11.4 Å². The van der Waals surface area contributed by atoms with Crippen LogP contribution in [0.4, 0.5) is 5.95 Å². The molecular weight excluding hydrogens is 176 g/mol. The maximum Gasteiger partial charge on any atom is 0.239 e. The van der Waals surface area contributed by atoms with Gasteiger partial charge in [0, 0.05) is 6.54 Å². The van der Waals surface area contributed by atoms with Gasteiger partial charge in [0.25, 0.3) is 0 Å². The lowest BCUT2D eigenvalue weighted by molar-refractivity contribution is 0.480. The van der Waals surface area contributed by atoms with Crippen LogP contribution < -0.4 is 5.73 Å². The molecular formula is C10H18N4. The number of nitrogens with two attached hydrogens (primary N) is 1. The van der Waals surface area contributed by atoms with Gasteiger partial charge in [-0.15, -0.1) is 5.10 Å². The number of nitrogen functional groups attached to an aromatic ring is 1. The second-order valence-corrected chi connectivity index (χ2v) is 4.90. The number of aromatic nitrogens is 3. The number of nitrogens with zero attached hydrogens (tertiary/aromatic N) is 3. The average Bonchev–Trinajstić information content (AvgIpc) is 2.53. The molecule has 2 N–H and O–H groups in total. The summed E-state index contributed by atoms with van der Waals surface area (Å²) in [5, 5.41) is 4.05. The Hall–Kier alpha value is -1.06. The van der Waals surface area contributed by atoms with E-state index in [1.807, 2.05) is 4.68 Å². The van der Waals surface area contributed by atoms with Crippen molar-refractivity contribution < 1.29 is 0 Å². The van der Waals surface area contributed by atoms with Crippen LogP contribution in [0, 0.1) is 11.3 Å². The molecule has 1 unspecified atom stereocenters. The molecule has 78 valence electrons. The molecule has 1 aliphatic rings. The zero-order chi connectivity index (χ0) is 10.2. The van der Waals surface area contributed by atoms with E-state index in [1.54, 1.807) is 6.33 Å². The summed E-state index contributed by atoms with van der Waals surface area (Å²) in [5.41, 5.74) is 6.02. The predicted molar refractivity (Wildman–Crippen MR) is 55.6 cm³/mol. The van der Waals surface area contributed by atoms with E-state index in [9.17, 15) is 0 Å². The minimum atomic E-state index is 0.372. The van der Waals surface area contributed by atoms with Gasteiger partial charge in [0.1, 0.15) is 6.33 Å². The van der Waals surface area contributed by atoms with E-state index >= 15 is 0 Å². The fourth-order valence-electron chi connectivity index (χ4n) is 1.99. The van der Waals surface area contributed by atoms with Gasteiger partial charge in [-0.2, -0.15) is 0 Å². The van der Waals surface area contributed by atoms with Gasteiger partial charge in [-0.3, -0.25) is 4.68 Å². The summed E-state index contributed by atoms with van der Waals surface area (Å²) >= 11 is 0. The molecule has 0 spiro atoms. The fourth-order valence-corrected chi connectivity index (χ4v) is 1.99. The van der Waals surface area contributed by atoms with Gasteiger partial charge in [0.05, 0.1) is 0 Å². The van der Waals surface area contributed by atoms with Gasteiger partial charge < -0.3 is 5.73 Å². The quantitative estimate of drug-likeness (QED) is 0.793. The zero-order valence-electron chi connectivity index (χ0n) is 8.90. The molecule has 0 aromatic carbocycles. The van der Waals surface area contributed by atoms with E-state index in [1.165, 1.54) is 19.3 Å². The summed E-state index contributed by atoms with van der Waals surface area (Å²) in [5.74, 6) is 1.29. The fraction of sp³-hybridized carbons (Fsp3) is 0.800. The molecule has 1 heterocycles. The number of aryl methyl sites for hydroxylation is 1. The zero-order valence-corrected chi connectivity index (χ0v) is 8.90. The van der Waals surface area contributed by atoms with Crippen molar-refractivity contribution in [3.63, 3.8) is 0 Å². The van der Waals surface area contributed by atoms with E-state index in [4.69, 9.17) is 5.73 Å². The van der Waals surface area contributed by atoms with Crippen LogP contribution in [0.3, 0.4) is 0 Å². The molecule has 0 saturated heterocycles. The van der Waals surface area contributed by atoms with E-state index < -0.39 is 0 Å². The minimum absolute atomic E-state index is 0.372. The molecule has 0 radical (unpaired) electrons. The van der Waals surface area contributed by atoms with Crippen molar-refractivity contribution >= 4 is 5.95 Å². The van der Waals surface area contributed by atoms with Crippen molar-refractivity contribution in [2.45, 2.75) is 39.7 Å². The van der Waals surface area contributed by atoms with Crippen molar-refractivity contribution in [2.75, 3.05) is 5.73 Å². The van der Waals surface area contributed by atoms with Gasteiger partial charge in [0.15, 0.2) is 0 Å². The largest absolute Gasteiger partial charge is 0.367 e. The van der Waals surface area contributed by atoms with E-state index in [-0.39, 0.29) is 0 Å². The SMILES string of the molecule is CC1(C)CC1CCCn1cnc(N)n1. The third-order valence-corrected chi connectivity index (χ3v) is 3.21. The molecule has 4 heteroatoms. The monoisotopic (exact) mass is 194 g/mol. The summed E-state index contributed by atoms with van der Waals surface area (Å²) < 4.78 is 1.82. The number of hydrogen-bond acceptors (Lipinski definition) is 3. The van der Waals surface area contributed by atoms with Crippen LogP contribution in [0.1, 0.15) is 33.1 Å². The Labute approximate surface area is 84.5 Å². The van der Waals surface area contributed by atoms with Gasteiger partial charge >= 0.3 is 0 Å². The first-order chi connectivity index (χ1) is 6.58. The topological polar surface area (TPSA) is 56.7 Å². The Morgan fingerprint density at radius 3 is 2.86 bits per heavy atom. The van der Waals surface area contributed by atoms with Gasteiger partial charge in [-0.1, -0.05) is 13.8 Å². The summed E-state index contributed by atoms with van der Waals surface area (Å²) in [6, 6.07) is 0. The smallest absolute Gasteiger partial charge is 0.239 e. The van der Waals surface area contributed by atoms with Crippen LogP contribution >= 0.6 is 0 Å². The highest BCUT2D eigenvalue weighted by molar-refractivity contribution is 5.09. The molecule has 4 nitrogen and oxygen atoms in total. The molecule has 0 bridgehead atoms. The molecule has 14 heavy (non-hydrogen) atoms. The Kier molecular flexibility index (Phi) is 2.21. The minimum Gasteiger partial charge on any atom is -0.367 e. The highest BCUT2D eigenvalue weighted by atomic mass is 15.3. The number of hydrogen-bond donors (Lipinski definition) is 1. The molecule has 1 aliphatic carbocycles. The van der Waals surface area contributed by atoms with Crippen LogP contribution in [0.2, 0.25) is 0 Å². The number of anilines is 1. The van der Waals surface area contributed by atoms with Crippen LogP contribution in [-0.4, -0.2) is 14.8 Å². The summed E-state index contributed by atoms with van der Waals surface area (Å²) in [6.45, 7) is 5.62. The lowest BCUT2D eigenvalue weighted by Crippen LogP contribution is -2.01. The third kappa shape index (κ3) is 2.05. The van der Waals surface area contributed by atoms with Crippen LogP contribution in [0.25, 0.3) is 0 Å². The highest BCUT2D eigenvalue weighted by Gasteiger charge is 2.44. The molecule has 0 aliphatic heterocycles. The first-order valence-corrected chi connectivity index (χ1v) is 5.23.